The molecule has 0 saturated carbocycles. The summed E-state index contributed by atoms with van der Waals surface area (Å²) in [6, 6.07) is 9.88. The third kappa shape index (κ3) is 2.32. The average molecular weight is 282 g/mol. The summed E-state index contributed by atoms with van der Waals surface area (Å²) < 4.78 is 7.41. The van der Waals surface area contributed by atoms with Crippen molar-refractivity contribution < 1.29 is 4.74 Å². The second kappa shape index (κ2) is 5.46. The quantitative estimate of drug-likeness (QED) is 0.769. The van der Waals surface area contributed by atoms with Crippen molar-refractivity contribution >= 4 is 16.7 Å². The minimum atomic E-state index is 0.529. The molecule has 0 spiro atoms. The van der Waals surface area contributed by atoms with E-state index in [0.717, 1.165) is 34.3 Å². The first-order chi connectivity index (χ1) is 10.2. The van der Waals surface area contributed by atoms with Crippen molar-refractivity contribution in [2.45, 2.75) is 6.54 Å². The highest BCUT2D eigenvalue weighted by Gasteiger charge is 2.13. The van der Waals surface area contributed by atoms with Crippen molar-refractivity contribution in [2.75, 3.05) is 19.4 Å². The van der Waals surface area contributed by atoms with Crippen molar-refractivity contribution in [3.63, 3.8) is 0 Å². The van der Waals surface area contributed by atoms with Crippen molar-refractivity contribution in [2.24, 2.45) is 5.73 Å². The topological polar surface area (TPSA) is 79.1 Å². The van der Waals surface area contributed by atoms with Gasteiger partial charge in [-0.2, -0.15) is 0 Å². The van der Waals surface area contributed by atoms with Gasteiger partial charge in [0, 0.05) is 36.4 Å². The van der Waals surface area contributed by atoms with Crippen LogP contribution in [0.2, 0.25) is 0 Å². The Hall–Kier alpha value is -2.53. The van der Waals surface area contributed by atoms with E-state index < -0.39 is 0 Å². The van der Waals surface area contributed by atoms with Gasteiger partial charge in [-0.1, -0.05) is 12.1 Å². The SMILES string of the molecule is COc1cccc(-c2cn(CCN)c3ccnc(N)c23)c1. The lowest BCUT2D eigenvalue weighted by molar-refractivity contribution is 0.415. The van der Waals surface area contributed by atoms with Gasteiger partial charge in [-0.25, -0.2) is 4.98 Å². The molecule has 0 unspecified atom stereocenters. The molecule has 0 aliphatic rings. The lowest BCUT2D eigenvalue weighted by Gasteiger charge is -2.04. The molecule has 3 aromatic rings. The fourth-order valence-corrected chi connectivity index (χ4v) is 2.61. The molecule has 0 atom stereocenters. The largest absolute Gasteiger partial charge is 0.497 e. The molecule has 4 N–H and O–H groups in total. The molecule has 5 nitrogen and oxygen atoms in total. The molecule has 0 amide bonds. The molecule has 0 saturated heterocycles. The summed E-state index contributed by atoms with van der Waals surface area (Å²) >= 11 is 0. The third-order valence-electron chi connectivity index (χ3n) is 3.57. The maximum atomic E-state index is 6.09. The van der Waals surface area contributed by atoms with Gasteiger partial charge in [0.2, 0.25) is 0 Å². The van der Waals surface area contributed by atoms with Crippen molar-refractivity contribution in [1.82, 2.24) is 9.55 Å². The standard InChI is InChI=1S/C16H18N4O/c1-21-12-4-2-3-11(9-12)13-10-20(8-6-17)14-5-7-19-16(18)15(13)14/h2-5,7,9-10H,6,8,17H2,1H3,(H2,18,19). The van der Waals surface area contributed by atoms with Crippen LogP contribution in [0.25, 0.3) is 22.0 Å². The molecule has 5 heteroatoms. The number of hydrogen-bond donors (Lipinski definition) is 2. The van der Waals surface area contributed by atoms with Crippen LogP contribution in [0, 0.1) is 0 Å². The zero-order valence-corrected chi connectivity index (χ0v) is 11.9. The van der Waals surface area contributed by atoms with Crippen LogP contribution in [0.5, 0.6) is 5.75 Å². The number of nitrogens with zero attached hydrogens (tertiary/aromatic N) is 2. The van der Waals surface area contributed by atoms with E-state index in [9.17, 15) is 0 Å². The normalized spacial score (nSPS) is 11.0. The molecule has 2 aromatic heterocycles. The summed E-state index contributed by atoms with van der Waals surface area (Å²) in [4.78, 5) is 4.21. The average Bonchev–Trinajstić information content (AvgIpc) is 2.88. The van der Waals surface area contributed by atoms with Crippen molar-refractivity contribution in [3.8, 4) is 16.9 Å². The zero-order chi connectivity index (χ0) is 14.8. The number of anilines is 1. The molecule has 3 rings (SSSR count). The van der Waals surface area contributed by atoms with Gasteiger partial charge < -0.3 is 20.8 Å². The van der Waals surface area contributed by atoms with E-state index in [0.29, 0.717) is 12.4 Å². The number of pyridine rings is 1. The molecule has 0 radical (unpaired) electrons. The fraction of sp³-hybridized carbons (Fsp3) is 0.188. The Morgan fingerprint density at radius 1 is 1.29 bits per heavy atom. The second-order valence-electron chi connectivity index (χ2n) is 4.85. The number of ether oxygens (including phenoxy) is 1. The first kappa shape index (κ1) is 13.5. The van der Waals surface area contributed by atoms with Crippen LogP contribution in [0.15, 0.2) is 42.7 Å². The molecule has 0 bridgehead atoms. The second-order valence-corrected chi connectivity index (χ2v) is 4.85. The van der Waals surface area contributed by atoms with Gasteiger partial charge >= 0.3 is 0 Å². The van der Waals surface area contributed by atoms with Crippen LogP contribution in [0.1, 0.15) is 0 Å². The molecule has 1 aromatic carbocycles. The summed E-state index contributed by atoms with van der Waals surface area (Å²) in [6.45, 7) is 1.31. The van der Waals surface area contributed by atoms with Gasteiger partial charge in [0.25, 0.3) is 0 Å². The smallest absolute Gasteiger partial charge is 0.133 e. The van der Waals surface area contributed by atoms with Gasteiger partial charge in [0.15, 0.2) is 0 Å². The zero-order valence-electron chi connectivity index (χ0n) is 11.9. The number of fused-ring (bicyclic) bond motifs is 1. The van der Waals surface area contributed by atoms with Gasteiger partial charge in [-0.3, -0.25) is 0 Å². The maximum absolute atomic E-state index is 6.09. The molecule has 2 heterocycles. The summed E-state index contributed by atoms with van der Waals surface area (Å²) in [5, 5.41) is 0.958. The Bertz CT molecular complexity index is 779. The van der Waals surface area contributed by atoms with Crippen LogP contribution in [0.3, 0.4) is 0 Å². The van der Waals surface area contributed by atoms with E-state index in [4.69, 9.17) is 16.2 Å². The van der Waals surface area contributed by atoms with E-state index in [1.807, 2.05) is 30.3 Å². The van der Waals surface area contributed by atoms with E-state index in [-0.39, 0.29) is 0 Å². The molecule has 21 heavy (non-hydrogen) atoms. The van der Waals surface area contributed by atoms with E-state index in [1.54, 1.807) is 13.3 Å². The number of hydrogen-bond acceptors (Lipinski definition) is 4. The number of nitrogens with two attached hydrogens (primary N) is 2. The third-order valence-corrected chi connectivity index (χ3v) is 3.57. The summed E-state index contributed by atoms with van der Waals surface area (Å²) in [7, 11) is 1.66. The van der Waals surface area contributed by atoms with E-state index in [2.05, 4.69) is 15.7 Å². The summed E-state index contributed by atoms with van der Waals surface area (Å²) in [5.74, 6) is 1.34. The summed E-state index contributed by atoms with van der Waals surface area (Å²) in [5.41, 5.74) is 14.9. The maximum Gasteiger partial charge on any atom is 0.133 e. The Morgan fingerprint density at radius 3 is 2.90 bits per heavy atom. The number of benzene rings is 1. The molecule has 0 fully saturated rings. The van der Waals surface area contributed by atoms with Gasteiger partial charge in [-0.15, -0.1) is 0 Å². The monoisotopic (exact) mass is 282 g/mol. The number of aromatic nitrogens is 2. The lowest BCUT2D eigenvalue weighted by atomic mass is 10.1. The Labute approximate surface area is 123 Å². The van der Waals surface area contributed by atoms with Crippen LogP contribution < -0.4 is 16.2 Å². The summed E-state index contributed by atoms with van der Waals surface area (Å²) in [6.07, 6.45) is 3.80. The number of rotatable bonds is 4. The fourth-order valence-electron chi connectivity index (χ4n) is 2.61. The Kier molecular flexibility index (Phi) is 3.50. The number of nitrogen functional groups attached to an aromatic ring is 1. The molecule has 0 aliphatic heterocycles. The highest BCUT2D eigenvalue weighted by Crippen LogP contribution is 2.34. The highest BCUT2D eigenvalue weighted by molar-refractivity contribution is 6.02. The predicted octanol–water partition coefficient (Wildman–Crippen LogP) is 2.25. The molecular weight excluding hydrogens is 264 g/mol. The van der Waals surface area contributed by atoms with Crippen LogP contribution >= 0.6 is 0 Å². The van der Waals surface area contributed by atoms with Gasteiger partial charge in [0.05, 0.1) is 12.6 Å². The first-order valence-corrected chi connectivity index (χ1v) is 6.82. The van der Waals surface area contributed by atoms with Crippen molar-refractivity contribution in [1.29, 1.82) is 0 Å². The molecular formula is C16H18N4O. The minimum Gasteiger partial charge on any atom is -0.497 e. The molecule has 108 valence electrons. The van der Waals surface area contributed by atoms with Gasteiger partial charge in [0.1, 0.15) is 11.6 Å². The minimum absolute atomic E-state index is 0.529. The van der Waals surface area contributed by atoms with Crippen LogP contribution in [-0.4, -0.2) is 23.2 Å². The van der Waals surface area contributed by atoms with Crippen LogP contribution in [0.4, 0.5) is 5.82 Å². The lowest BCUT2D eigenvalue weighted by Crippen LogP contribution is -2.08. The highest BCUT2D eigenvalue weighted by atomic mass is 16.5. The predicted molar refractivity (Wildman–Crippen MR) is 85.2 cm³/mol. The van der Waals surface area contributed by atoms with Gasteiger partial charge in [-0.05, 0) is 23.8 Å². The molecule has 0 aliphatic carbocycles. The Balaban J connectivity index is 2.26. The van der Waals surface area contributed by atoms with E-state index in [1.165, 1.54) is 0 Å². The first-order valence-electron chi connectivity index (χ1n) is 6.82. The van der Waals surface area contributed by atoms with Crippen molar-refractivity contribution in [3.05, 3.63) is 42.7 Å². The Morgan fingerprint density at radius 2 is 2.14 bits per heavy atom. The van der Waals surface area contributed by atoms with E-state index >= 15 is 0 Å². The number of methoxy groups -OCH3 is 1. The van der Waals surface area contributed by atoms with Crippen LogP contribution in [-0.2, 0) is 6.54 Å².